The minimum atomic E-state index is -0.397. The maximum Gasteiger partial charge on any atom is 0.308 e. The Morgan fingerprint density at radius 3 is 2.54 bits per heavy atom. The number of hydrogen-bond donors (Lipinski definition) is 0. The summed E-state index contributed by atoms with van der Waals surface area (Å²) in [6, 6.07) is 18.2. The number of rotatable bonds is 2. The molecule has 128 valence electrons. The zero-order valence-electron chi connectivity index (χ0n) is 14.4. The molecule has 1 aliphatic heterocycles. The topological polar surface area (TPSA) is 56.5 Å². The first kappa shape index (κ1) is 16.1. The molecule has 4 heteroatoms. The molecule has 1 heterocycles. The first-order valence-corrected chi connectivity index (χ1v) is 8.28. The molecule has 0 radical (unpaired) electrons. The SMILES string of the molecule is CC(=O)Oc1ccc2c(-c3ccccc3C)c3ccc(=O)cc-3oc2c1. The Labute approximate surface area is 150 Å². The van der Waals surface area contributed by atoms with Gasteiger partial charge in [0.2, 0.25) is 0 Å². The number of aryl methyl sites for hydroxylation is 1. The van der Waals surface area contributed by atoms with Crippen molar-refractivity contribution >= 4 is 16.9 Å². The van der Waals surface area contributed by atoms with E-state index in [1.54, 1.807) is 24.3 Å². The summed E-state index contributed by atoms with van der Waals surface area (Å²) in [7, 11) is 0. The summed E-state index contributed by atoms with van der Waals surface area (Å²) in [4.78, 5) is 23.1. The van der Waals surface area contributed by atoms with Crippen molar-refractivity contribution in [3.8, 4) is 28.2 Å². The normalized spacial score (nSPS) is 11.0. The fourth-order valence-corrected chi connectivity index (χ4v) is 3.22. The molecule has 26 heavy (non-hydrogen) atoms. The number of ether oxygens (including phenoxy) is 1. The van der Waals surface area contributed by atoms with Crippen LogP contribution in [0.3, 0.4) is 0 Å². The van der Waals surface area contributed by atoms with Gasteiger partial charge >= 0.3 is 5.97 Å². The number of carbonyl (C=O) groups excluding carboxylic acids is 1. The van der Waals surface area contributed by atoms with E-state index in [2.05, 4.69) is 6.07 Å². The van der Waals surface area contributed by atoms with Crippen LogP contribution in [0.15, 0.2) is 69.9 Å². The highest BCUT2D eigenvalue weighted by Crippen LogP contribution is 2.41. The second-order valence-electron chi connectivity index (χ2n) is 6.20. The van der Waals surface area contributed by atoms with Gasteiger partial charge in [-0.1, -0.05) is 24.3 Å². The number of fused-ring (bicyclic) bond motifs is 2. The lowest BCUT2D eigenvalue weighted by molar-refractivity contribution is -0.131. The standard InChI is InChI=1S/C22H16O4/c1-13-5-3-4-6-17(13)22-18-9-7-15(24)11-20(18)26-21-12-16(25-14(2)23)8-10-19(21)22/h3-12H,1-2H3. The Balaban J connectivity index is 2.11. The first-order valence-electron chi connectivity index (χ1n) is 8.28. The molecule has 2 aromatic rings. The lowest BCUT2D eigenvalue weighted by Crippen LogP contribution is -2.02. The van der Waals surface area contributed by atoms with Crippen LogP contribution in [-0.4, -0.2) is 5.97 Å². The van der Waals surface area contributed by atoms with Crippen LogP contribution >= 0.6 is 0 Å². The second-order valence-corrected chi connectivity index (χ2v) is 6.20. The molecule has 0 saturated heterocycles. The van der Waals surface area contributed by atoms with Gasteiger partial charge in [0, 0.05) is 35.6 Å². The van der Waals surface area contributed by atoms with Crippen molar-refractivity contribution in [2.24, 2.45) is 0 Å². The van der Waals surface area contributed by atoms with E-state index in [0.29, 0.717) is 17.1 Å². The predicted octanol–water partition coefficient (Wildman–Crippen LogP) is 4.80. The van der Waals surface area contributed by atoms with Crippen LogP contribution in [0.2, 0.25) is 0 Å². The molecule has 2 aliphatic rings. The van der Waals surface area contributed by atoms with Gasteiger partial charge in [-0.05, 0) is 42.3 Å². The molecular weight excluding hydrogens is 328 g/mol. The van der Waals surface area contributed by atoms with Gasteiger partial charge in [0.15, 0.2) is 5.43 Å². The molecule has 0 atom stereocenters. The van der Waals surface area contributed by atoms with E-state index in [-0.39, 0.29) is 5.43 Å². The van der Waals surface area contributed by atoms with Crippen molar-refractivity contribution in [2.75, 3.05) is 0 Å². The quantitative estimate of drug-likeness (QED) is 0.298. The molecule has 1 aliphatic carbocycles. The van der Waals surface area contributed by atoms with Crippen molar-refractivity contribution in [1.82, 2.24) is 0 Å². The van der Waals surface area contributed by atoms with Crippen molar-refractivity contribution in [3.05, 3.63) is 76.5 Å². The molecule has 2 aromatic carbocycles. The van der Waals surface area contributed by atoms with Crippen LogP contribution < -0.4 is 10.2 Å². The third-order valence-corrected chi connectivity index (χ3v) is 4.34. The molecule has 0 spiro atoms. The van der Waals surface area contributed by atoms with E-state index in [9.17, 15) is 9.59 Å². The van der Waals surface area contributed by atoms with Gasteiger partial charge in [-0.2, -0.15) is 0 Å². The summed E-state index contributed by atoms with van der Waals surface area (Å²) in [6.45, 7) is 3.40. The average molecular weight is 344 g/mol. The molecule has 4 nitrogen and oxygen atoms in total. The predicted molar refractivity (Wildman–Crippen MR) is 101 cm³/mol. The lowest BCUT2D eigenvalue weighted by Gasteiger charge is -2.17. The zero-order valence-corrected chi connectivity index (χ0v) is 14.4. The van der Waals surface area contributed by atoms with E-state index < -0.39 is 5.97 Å². The van der Waals surface area contributed by atoms with Gasteiger partial charge in [-0.15, -0.1) is 0 Å². The summed E-state index contributed by atoms with van der Waals surface area (Å²) in [5, 5.41) is 0.890. The van der Waals surface area contributed by atoms with Gasteiger partial charge in [-0.3, -0.25) is 9.59 Å². The van der Waals surface area contributed by atoms with Gasteiger partial charge in [0.1, 0.15) is 17.1 Å². The second kappa shape index (κ2) is 6.15. The minimum Gasteiger partial charge on any atom is -0.456 e. The van der Waals surface area contributed by atoms with Crippen LogP contribution in [0.25, 0.3) is 33.4 Å². The first-order chi connectivity index (χ1) is 12.5. The summed E-state index contributed by atoms with van der Waals surface area (Å²) < 4.78 is 11.1. The molecule has 0 aromatic heterocycles. The Hall–Kier alpha value is -3.40. The molecular formula is C22H16O4. The summed E-state index contributed by atoms with van der Waals surface area (Å²) in [6.07, 6.45) is 0. The Morgan fingerprint density at radius 1 is 0.962 bits per heavy atom. The molecule has 0 amide bonds. The lowest BCUT2D eigenvalue weighted by atomic mass is 9.91. The van der Waals surface area contributed by atoms with Crippen molar-refractivity contribution in [1.29, 1.82) is 0 Å². The molecule has 0 fully saturated rings. The number of hydrogen-bond acceptors (Lipinski definition) is 4. The Bertz CT molecular complexity index is 1170. The molecule has 0 unspecified atom stereocenters. The van der Waals surface area contributed by atoms with E-state index in [1.165, 1.54) is 13.0 Å². The van der Waals surface area contributed by atoms with Gasteiger partial charge in [0.05, 0.1) is 0 Å². The smallest absolute Gasteiger partial charge is 0.308 e. The average Bonchev–Trinajstić information content (AvgIpc) is 2.59. The van der Waals surface area contributed by atoms with Gasteiger partial charge < -0.3 is 9.15 Å². The van der Waals surface area contributed by atoms with Crippen molar-refractivity contribution in [3.63, 3.8) is 0 Å². The van der Waals surface area contributed by atoms with Crippen LogP contribution in [0.4, 0.5) is 0 Å². The minimum absolute atomic E-state index is 0.118. The fraction of sp³-hybridized carbons (Fsp3) is 0.0909. The van der Waals surface area contributed by atoms with Gasteiger partial charge in [0.25, 0.3) is 0 Å². The monoisotopic (exact) mass is 344 g/mol. The van der Waals surface area contributed by atoms with Crippen molar-refractivity contribution < 1.29 is 13.9 Å². The van der Waals surface area contributed by atoms with Gasteiger partial charge in [-0.25, -0.2) is 0 Å². The highest BCUT2D eigenvalue weighted by atomic mass is 16.5. The number of esters is 1. The summed E-state index contributed by atoms with van der Waals surface area (Å²) in [5.41, 5.74) is 4.49. The zero-order chi connectivity index (χ0) is 18.3. The number of carbonyl (C=O) groups is 1. The van der Waals surface area contributed by atoms with Crippen LogP contribution in [0.1, 0.15) is 12.5 Å². The maximum absolute atomic E-state index is 11.8. The third-order valence-electron chi connectivity index (χ3n) is 4.34. The maximum atomic E-state index is 11.8. The third kappa shape index (κ3) is 2.75. The van der Waals surface area contributed by atoms with Crippen LogP contribution in [0, 0.1) is 6.92 Å². The fourth-order valence-electron chi connectivity index (χ4n) is 3.22. The molecule has 4 rings (SSSR count). The molecule has 0 saturated carbocycles. The van der Waals surface area contributed by atoms with Crippen LogP contribution in [0.5, 0.6) is 5.75 Å². The van der Waals surface area contributed by atoms with E-state index in [4.69, 9.17) is 9.15 Å². The van der Waals surface area contributed by atoms with E-state index >= 15 is 0 Å². The number of benzene rings is 3. The Kier molecular flexibility index (Phi) is 3.81. The van der Waals surface area contributed by atoms with E-state index in [1.807, 2.05) is 31.2 Å². The summed E-state index contributed by atoms with van der Waals surface area (Å²) in [5.74, 6) is 0.511. The Morgan fingerprint density at radius 2 is 1.77 bits per heavy atom. The largest absolute Gasteiger partial charge is 0.456 e. The highest BCUT2D eigenvalue weighted by Gasteiger charge is 2.18. The van der Waals surface area contributed by atoms with Crippen LogP contribution in [-0.2, 0) is 4.79 Å². The highest BCUT2D eigenvalue weighted by molar-refractivity contribution is 6.02. The van der Waals surface area contributed by atoms with Crippen molar-refractivity contribution in [2.45, 2.75) is 13.8 Å². The molecule has 0 bridgehead atoms. The molecule has 0 N–H and O–H groups in total. The van der Waals surface area contributed by atoms with E-state index in [0.717, 1.165) is 27.6 Å². The summed E-state index contributed by atoms with van der Waals surface area (Å²) >= 11 is 0.